The summed E-state index contributed by atoms with van der Waals surface area (Å²) in [4.78, 5) is 23.2. The Balaban J connectivity index is 1.94. The van der Waals surface area contributed by atoms with E-state index < -0.39 is 0 Å². The van der Waals surface area contributed by atoms with Crippen LogP contribution in [0.2, 0.25) is 5.02 Å². The van der Waals surface area contributed by atoms with E-state index in [9.17, 15) is 9.59 Å². The smallest absolute Gasteiger partial charge is 0.271 e. The molecule has 2 amide bonds. The first-order valence-electron chi connectivity index (χ1n) is 7.07. The lowest BCUT2D eigenvalue weighted by molar-refractivity contribution is -0.115. The van der Waals surface area contributed by atoms with Crippen molar-refractivity contribution in [1.82, 2.24) is 5.43 Å². The molecular weight excluding hydrogens is 314 g/mol. The van der Waals surface area contributed by atoms with Gasteiger partial charge in [-0.1, -0.05) is 30.7 Å². The van der Waals surface area contributed by atoms with Crippen molar-refractivity contribution in [2.75, 3.05) is 5.32 Å². The van der Waals surface area contributed by atoms with E-state index in [-0.39, 0.29) is 11.8 Å². The molecular formula is C17H16ClN3O2. The molecule has 0 spiro atoms. The van der Waals surface area contributed by atoms with Gasteiger partial charge in [0.05, 0.1) is 6.21 Å². The number of nitrogens with one attached hydrogen (secondary N) is 2. The molecule has 0 fully saturated rings. The molecule has 2 rings (SSSR count). The molecule has 2 aromatic carbocycles. The zero-order chi connectivity index (χ0) is 16.7. The van der Waals surface area contributed by atoms with Gasteiger partial charge in [-0.25, -0.2) is 5.43 Å². The maximum atomic E-state index is 12.0. The van der Waals surface area contributed by atoms with Crippen molar-refractivity contribution >= 4 is 35.3 Å². The van der Waals surface area contributed by atoms with Crippen molar-refractivity contribution in [1.29, 1.82) is 0 Å². The highest BCUT2D eigenvalue weighted by Crippen LogP contribution is 2.10. The number of rotatable bonds is 5. The molecule has 2 aromatic rings. The molecule has 0 aliphatic rings. The third-order valence-corrected chi connectivity index (χ3v) is 3.22. The van der Waals surface area contributed by atoms with Crippen molar-refractivity contribution in [3.8, 4) is 0 Å². The Morgan fingerprint density at radius 3 is 2.57 bits per heavy atom. The number of nitrogens with zero attached hydrogens (tertiary/aromatic N) is 1. The van der Waals surface area contributed by atoms with Gasteiger partial charge in [-0.3, -0.25) is 9.59 Å². The average Bonchev–Trinajstić information content (AvgIpc) is 2.55. The maximum Gasteiger partial charge on any atom is 0.271 e. The van der Waals surface area contributed by atoms with Gasteiger partial charge in [-0.15, -0.1) is 0 Å². The number of carbonyl (C=O) groups is 2. The zero-order valence-electron chi connectivity index (χ0n) is 12.5. The minimum atomic E-state index is -0.336. The summed E-state index contributed by atoms with van der Waals surface area (Å²) >= 11 is 5.86. The van der Waals surface area contributed by atoms with Crippen molar-refractivity contribution in [3.05, 3.63) is 64.7 Å². The first-order valence-corrected chi connectivity index (χ1v) is 7.45. The van der Waals surface area contributed by atoms with Gasteiger partial charge in [0.15, 0.2) is 0 Å². The van der Waals surface area contributed by atoms with Crippen LogP contribution in [0.5, 0.6) is 0 Å². The first-order chi connectivity index (χ1) is 11.1. The fraction of sp³-hybridized carbons (Fsp3) is 0.118. The highest BCUT2D eigenvalue weighted by Gasteiger charge is 2.05. The maximum absolute atomic E-state index is 12.0. The summed E-state index contributed by atoms with van der Waals surface area (Å²) in [6.07, 6.45) is 1.92. The summed E-state index contributed by atoms with van der Waals surface area (Å²) in [6.45, 7) is 1.77. The second-order valence-electron chi connectivity index (χ2n) is 4.73. The standard InChI is InChI=1S/C17H16ClN3O2/c1-2-16(22)20-15-8-6-13(7-9-15)17(23)21-19-11-12-4-3-5-14(18)10-12/h3-11H,2H2,1H3,(H,20,22)(H,21,23). The molecule has 0 atom stereocenters. The van der Waals surface area contributed by atoms with Gasteiger partial charge in [0.2, 0.25) is 5.91 Å². The summed E-state index contributed by atoms with van der Waals surface area (Å²) < 4.78 is 0. The molecule has 6 heteroatoms. The molecule has 23 heavy (non-hydrogen) atoms. The zero-order valence-corrected chi connectivity index (χ0v) is 13.3. The molecule has 0 bridgehead atoms. The van der Waals surface area contributed by atoms with Crippen LogP contribution in [0, 0.1) is 0 Å². The van der Waals surface area contributed by atoms with Gasteiger partial charge in [0.25, 0.3) is 5.91 Å². The van der Waals surface area contributed by atoms with Crippen LogP contribution in [0.15, 0.2) is 53.6 Å². The SMILES string of the molecule is CCC(=O)Nc1ccc(C(=O)NN=Cc2cccc(Cl)c2)cc1. The Labute approximate surface area is 139 Å². The Morgan fingerprint density at radius 2 is 1.91 bits per heavy atom. The number of anilines is 1. The third-order valence-electron chi connectivity index (χ3n) is 2.98. The minimum absolute atomic E-state index is 0.0756. The van der Waals surface area contributed by atoms with Gasteiger partial charge in [0.1, 0.15) is 0 Å². The number of benzene rings is 2. The molecule has 5 nitrogen and oxygen atoms in total. The minimum Gasteiger partial charge on any atom is -0.326 e. The highest BCUT2D eigenvalue weighted by molar-refractivity contribution is 6.30. The van der Waals surface area contributed by atoms with E-state index in [1.165, 1.54) is 6.21 Å². The van der Waals surface area contributed by atoms with E-state index in [4.69, 9.17) is 11.6 Å². The lowest BCUT2D eigenvalue weighted by Gasteiger charge is -2.04. The van der Waals surface area contributed by atoms with Crippen molar-refractivity contribution in [2.24, 2.45) is 5.10 Å². The number of hydrogen-bond acceptors (Lipinski definition) is 3. The van der Waals surface area contributed by atoms with E-state index >= 15 is 0 Å². The average molecular weight is 330 g/mol. The summed E-state index contributed by atoms with van der Waals surface area (Å²) in [6, 6.07) is 13.7. The van der Waals surface area contributed by atoms with Crippen molar-refractivity contribution < 1.29 is 9.59 Å². The van der Waals surface area contributed by atoms with Crippen molar-refractivity contribution in [3.63, 3.8) is 0 Å². The first kappa shape index (κ1) is 16.7. The number of hydrazone groups is 1. The quantitative estimate of drug-likeness (QED) is 0.651. The Kier molecular flexibility index (Phi) is 5.88. The molecule has 118 valence electrons. The molecule has 0 aliphatic heterocycles. The molecule has 0 saturated carbocycles. The van der Waals surface area contributed by atoms with Gasteiger partial charge in [-0.05, 0) is 42.0 Å². The molecule has 0 aromatic heterocycles. The van der Waals surface area contributed by atoms with Crippen LogP contribution in [-0.2, 0) is 4.79 Å². The highest BCUT2D eigenvalue weighted by atomic mass is 35.5. The van der Waals surface area contributed by atoms with Gasteiger partial charge in [0, 0.05) is 22.7 Å². The van der Waals surface area contributed by atoms with Gasteiger partial charge >= 0.3 is 0 Å². The van der Waals surface area contributed by atoms with Crippen LogP contribution >= 0.6 is 11.6 Å². The summed E-state index contributed by atoms with van der Waals surface area (Å²) in [5.41, 5.74) is 4.32. The lowest BCUT2D eigenvalue weighted by atomic mass is 10.2. The van der Waals surface area contributed by atoms with Crippen LogP contribution in [0.1, 0.15) is 29.3 Å². The second kappa shape index (κ2) is 8.10. The van der Waals surface area contributed by atoms with E-state index in [0.717, 1.165) is 5.56 Å². The van der Waals surface area contributed by atoms with Crippen LogP contribution in [0.3, 0.4) is 0 Å². The Hall–Kier alpha value is -2.66. The van der Waals surface area contributed by atoms with Crippen LogP contribution in [0.4, 0.5) is 5.69 Å². The summed E-state index contributed by atoms with van der Waals surface area (Å²) in [5.74, 6) is -0.412. The number of halogens is 1. The third kappa shape index (κ3) is 5.23. The number of amides is 2. The predicted octanol–water partition coefficient (Wildman–Crippen LogP) is 3.45. The lowest BCUT2D eigenvalue weighted by Crippen LogP contribution is -2.17. The summed E-state index contributed by atoms with van der Waals surface area (Å²) in [5, 5.41) is 7.21. The Bertz CT molecular complexity index is 727. The molecule has 0 aliphatic carbocycles. The van der Waals surface area contributed by atoms with Crippen LogP contribution in [0.25, 0.3) is 0 Å². The normalized spacial score (nSPS) is 10.5. The largest absolute Gasteiger partial charge is 0.326 e. The van der Waals surface area contributed by atoms with Crippen molar-refractivity contribution in [2.45, 2.75) is 13.3 Å². The monoisotopic (exact) mass is 329 g/mol. The topological polar surface area (TPSA) is 70.6 Å². The molecule has 2 N–H and O–H groups in total. The van der Waals surface area contributed by atoms with Gasteiger partial charge in [-0.2, -0.15) is 5.10 Å². The fourth-order valence-electron chi connectivity index (χ4n) is 1.77. The molecule has 0 radical (unpaired) electrons. The van der Waals surface area contributed by atoms with Gasteiger partial charge < -0.3 is 5.32 Å². The number of hydrogen-bond donors (Lipinski definition) is 2. The molecule has 0 unspecified atom stereocenters. The van der Waals surface area contributed by atoms with Crippen LogP contribution < -0.4 is 10.7 Å². The number of carbonyl (C=O) groups excluding carboxylic acids is 2. The van der Waals surface area contributed by atoms with E-state index in [2.05, 4.69) is 15.8 Å². The van der Waals surface area contributed by atoms with Crippen LogP contribution in [-0.4, -0.2) is 18.0 Å². The van der Waals surface area contributed by atoms with E-state index in [1.54, 1.807) is 49.4 Å². The second-order valence-corrected chi connectivity index (χ2v) is 5.17. The molecule has 0 heterocycles. The van der Waals surface area contributed by atoms with E-state index in [1.807, 2.05) is 6.07 Å². The fourth-order valence-corrected chi connectivity index (χ4v) is 1.97. The molecule has 0 saturated heterocycles. The van der Waals surface area contributed by atoms with E-state index in [0.29, 0.717) is 22.7 Å². The predicted molar refractivity (Wildman–Crippen MR) is 91.9 cm³/mol. The summed E-state index contributed by atoms with van der Waals surface area (Å²) in [7, 11) is 0. The Morgan fingerprint density at radius 1 is 1.17 bits per heavy atom.